The minimum absolute atomic E-state index is 0.208. The van der Waals surface area contributed by atoms with Crippen LogP contribution in [0.4, 0.5) is 5.69 Å². The van der Waals surface area contributed by atoms with Crippen molar-refractivity contribution in [3.8, 4) is 17.0 Å². The van der Waals surface area contributed by atoms with E-state index in [2.05, 4.69) is 11.9 Å². The minimum atomic E-state index is -0.765. The molecule has 1 aliphatic heterocycles. The maximum atomic E-state index is 13.3. The Morgan fingerprint density at radius 1 is 1.24 bits per heavy atom. The average Bonchev–Trinajstić information content (AvgIpc) is 2.79. The van der Waals surface area contributed by atoms with Gasteiger partial charge in [0, 0.05) is 30.3 Å². The second-order valence-corrected chi connectivity index (χ2v) is 9.31. The maximum Gasteiger partial charge on any atom is 0.325 e. The highest BCUT2D eigenvalue weighted by Gasteiger charge is 2.45. The molecule has 8 nitrogen and oxygen atoms in total. The van der Waals surface area contributed by atoms with E-state index in [1.165, 1.54) is 25.6 Å². The summed E-state index contributed by atoms with van der Waals surface area (Å²) in [5.74, 6) is 0.300. The van der Waals surface area contributed by atoms with E-state index < -0.39 is 12.1 Å². The number of esters is 1. The molecule has 0 saturated heterocycles. The zero-order chi connectivity index (χ0) is 24.4. The third-order valence-electron chi connectivity index (χ3n) is 5.34. The second-order valence-electron chi connectivity index (χ2n) is 7.82. The molecule has 0 fully saturated rings. The van der Waals surface area contributed by atoms with Crippen molar-refractivity contribution in [2.24, 2.45) is 0 Å². The number of rotatable bonds is 6. The Morgan fingerprint density at radius 3 is 2.68 bits per heavy atom. The third kappa shape index (κ3) is 4.58. The molecule has 1 amide bonds. The molecule has 1 atom stereocenters. The maximum absolute atomic E-state index is 13.3. The van der Waals surface area contributed by atoms with E-state index in [4.69, 9.17) is 21.4 Å². The topological polar surface area (TPSA) is 96.2 Å². The standard InChI is InChI=1S/C24H23ClN4O4S/c1-4-5-12-34-24-26-22(32)21-17-8-6-7-9-19(17)28(14(2)30)23(29(21)27-24)16-10-11-20(18(25)13-16)33-15(3)31/h6-11,13,23H,4-5,12H2,1-3H3/p+1/t23-/m1/s1. The van der Waals surface area contributed by atoms with E-state index in [0.717, 1.165) is 18.6 Å². The van der Waals surface area contributed by atoms with Crippen molar-refractivity contribution in [2.45, 2.75) is 44.9 Å². The van der Waals surface area contributed by atoms with Crippen LogP contribution in [0.25, 0.3) is 11.3 Å². The second kappa shape index (κ2) is 9.99. The molecule has 1 aromatic heterocycles. The molecule has 10 heteroatoms. The predicted octanol–water partition coefficient (Wildman–Crippen LogP) is 4.11. The van der Waals surface area contributed by atoms with Gasteiger partial charge in [0.1, 0.15) is 5.75 Å². The van der Waals surface area contributed by atoms with Gasteiger partial charge >= 0.3 is 17.2 Å². The summed E-state index contributed by atoms with van der Waals surface area (Å²) in [5, 5.41) is 5.42. The summed E-state index contributed by atoms with van der Waals surface area (Å²) in [6, 6.07) is 12.1. The highest BCUT2D eigenvalue weighted by atomic mass is 35.5. The average molecular weight is 500 g/mol. The number of H-pyrrole nitrogens is 1. The molecular weight excluding hydrogens is 476 g/mol. The molecule has 2 heterocycles. The number of thioether (sulfide) groups is 1. The fourth-order valence-corrected chi connectivity index (χ4v) is 5.07. The van der Waals surface area contributed by atoms with Crippen LogP contribution in [0, 0.1) is 0 Å². The van der Waals surface area contributed by atoms with E-state index in [9.17, 15) is 14.4 Å². The Bertz CT molecular complexity index is 1330. The number of carbonyl (C=O) groups is 2. The number of nitrogens with one attached hydrogen (secondary N) is 1. The van der Waals surface area contributed by atoms with Gasteiger partial charge in [-0.2, -0.15) is 0 Å². The van der Waals surface area contributed by atoms with Crippen molar-refractivity contribution in [3.63, 3.8) is 0 Å². The largest absolute Gasteiger partial charge is 0.425 e. The molecule has 2 aromatic carbocycles. The number of anilines is 1. The Labute approximate surface area is 205 Å². The van der Waals surface area contributed by atoms with Crippen LogP contribution in [-0.2, 0) is 9.59 Å². The van der Waals surface area contributed by atoms with Gasteiger partial charge in [-0.1, -0.05) is 48.8 Å². The van der Waals surface area contributed by atoms with Crippen molar-refractivity contribution in [2.75, 3.05) is 10.7 Å². The van der Waals surface area contributed by atoms with Crippen LogP contribution in [0.5, 0.6) is 5.75 Å². The Kier molecular flexibility index (Phi) is 7.04. The number of benzene rings is 2. The third-order valence-corrected chi connectivity index (χ3v) is 6.59. The van der Waals surface area contributed by atoms with Crippen molar-refractivity contribution >= 4 is 40.9 Å². The Hall–Kier alpha value is -3.17. The number of amides is 1. The summed E-state index contributed by atoms with van der Waals surface area (Å²) in [7, 11) is 0. The van der Waals surface area contributed by atoms with Crippen molar-refractivity contribution in [1.82, 2.24) is 10.1 Å². The van der Waals surface area contributed by atoms with Gasteiger partial charge in [-0.25, -0.2) is 4.90 Å². The van der Waals surface area contributed by atoms with Crippen LogP contribution in [-0.4, -0.2) is 27.7 Å². The Morgan fingerprint density at radius 2 is 2.00 bits per heavy atom. The summed E-state index contributed by atoms with van der Waals surface area (Å²) in [5.41, 5.74) is 1.86. The monoisotopic (exact) mass is 499 g/mol. The number of unbranched alkanes of at least 4 members (excludes halogenated alkanes) is 1. The first-order chi connectivity index (χ1) is 16.3. The first-order valence-electron chi connectivity index (χ1n) is 10.9. The Balaban J connectivity index is 1.93. The number of hydrogen-bond acceptors (Lipinski definition) is 6. The lowest BCUT2D eigenvalue weighted by atomic mass is 10.0. The smallest absolute Gasteiger partial charge is 0.325 e. The molecule has 176 valence electrons. The number of nitrogens with zero attached hydrogens (tertiary/aromatic N) is 3. The lowest BCUT2D eigenvalue weighted by Crippen LogP contribution is -2.60. The van der Waals surface area contributed by atoms with Crippen LogP contribution >= 0.6 is 23.4 Å². The van der Waals surface area contributed by atoms with Gasteiger partial charge < -0.3 is 4.74 Å². The van der Waals surface area contributed by atoms with Crippen LogP contribution < -0.4 is 19.9 Å². The molecule has 1 aliphatic rings. The molecule has 1 N–H and O–H groups in total. The molecule has 0 aliphatic carbocycles. The fraction of sp³-hybridized carbons (Fsp3) is 0.292. The SMILES string of the molecule is CCCCSc1n[n+]2c(c(=O)[nH]1)-c1ccccc1N(C(C)=O)[C@H]2c1ccc(OC(C)=O)c(Cl)c1. The number of fused-ring (bicyclic) bond motifs is 3. The fourth-order valence-electron chi connectivity index (χ4n) is 3.91. The van der Waals surface area contributed by atoms with Crippen molar-refractivity contribution in [1.29, 1.82) is 0 Å². The molecule has 34 heavy (non-hydrogen) atoms. The number of ether oxygens (including phenoxy) is 1. The lowest BCUT2D eigenvalue weighted by molar-refractivity contribution is -0.763. The van der Waals surface area contributed by atoms with E-state index >= 15 is 0 Å². The zero-order valence-electron chi connectivity index (χ0n) is 19.0. The summed E-state index contributed by atoms with van der Waals surface area (Å²) in [6.07, 6.45) is 1.24. The van der Waals surface area contributed by atoms with Crippen LogP contribution in [0.15, 0.2) is 52.4 Å². The van der Waals surface area contributed by atoms with Gasteiger partial charge in [-0.05, 0) is 41.4 Å². The molecule has 0 saturated carbocycles. The number of carbonyl (C=O) groups excluding carboxylic acids is 2. The highest BCUT2D eigenvalue weighted by molar-refractivity contribution is 7.99. The summed E-state index contributed by atoms with van der Waals surface area (Å²) >= 11 is 7.87. The number of aromatic nitrogens is 3. The number of aromatic amines is 1. The molecular formula is C24H24ClN4O4S+. The molecule has 0 unspecified atom stereocenters. The molecule has 0 bridgehead atoms. The van der Waals surface area contributed by atoms with E-state index in [0.29, 0.717) is 27.7 Å². The minimum Gasteiger partial charge on any atom is -0.425 e. The van der Waals surface area contributed by atoms with E-state index in [-0.39, 0.29) is 22.2 Å². The molecule has 4 rings (SSSR count). The van der Waals surface area contributed by atoms with Gasteiger partial charge in [0.15, 0.2) is 0 Å². The van der Waals surface area contributed by atoms with E-state index in [1.807, 2.05) is 12.1 Å². The first kappa shape index (κ1) is 24.0. The molecule has 3 aromatic rings. The predicted molar refractivity (Wildman–Crippen MR) is 130 cm³/mol. The highest BCUT2D eigenvalue weighted by Crippen LogP contribution is 2.38. The quantitative estimate of drug-likeness (QED) is 0.180. The van der Waals surface area contributed by atoms with Crippen LogP contribution in [0.2, 0.25) is 5.02 Å². The van der Waals surface area contributed by atoms with Gasteiger partial charge in [0.05, 0.1) is 16.3 Å². The van der Waals surface area contributed by atoms with Crippen LogP contribution in [0.1, 0.15) is 45.3 Å². The first-order valence-corrected chi connectivity index (χ1v) is 12.2. The van der Waals surface area contributed by atoms with Gasteiger partial charge in [0.25, 0.3) is 6.17 Å². The van der Waals surface area contributed by atoms with Crippen LogP contribution in [0.3, 0.4) is 0 Å². The normalized spacial score (nSPS) is 14.4. The van der Waals surface area contributed by atoms with E-state index in [1.54, 1.807) is 39.9 Å². The summed E-state index contributed by atoms with van der Waals surface area (Å²) < 4.78 is 6.73. The van der Waals surface area contributed by atoms with Crippen molar-refractivity contribution in [3.05, 3.63) is 63.4 Å². The lowest BCUT2D eigenvalue weighted by Gasteiger charge is -2.31. The van der Waals surface area contributed by atoms with Crippen molar-refractivity contribution < 1.29 is 19.0 Å². The number of para-hydroxylation sites is 1. The summed E-state index contributed by atoms with van der Waals surface area (Å²) in [6.45, 7) is 4.85. The van der Waals surface area contributed by atoms with Gasteiger partial charge in [-0.3, -0.25) is 19.4 Å². The molecule has 0 spiro atoms. The summed E-state index contributed by atoms with van der Waals surface area (Å²) in [4.78, 5) is 42.0. The van der Waals surface area contributed by atoms with Gasteiger partial charge in [-0.15, -0.1) is 0 Å². The number of hydrogen-bond donors (Lipinski definition) is 1. The van der Waals surface area contributed by atoms with Gasteiger partial charge in [0.2, 0.25) is 11.1 Å². The zero-order valence-corrected chi connectivity index (χ0v) is 20.6. The number of halogens is 1. The molecule has 0 radical (unpaired) electrons.